The molecule has 0 aromatic heterocycles. The first-order valence-electron chi connectivity index (χ1n) is 8.17. The monoisotopic (exact) mass is 378 g/mol. The normalized spacial score (nSPS) is 19.8. The maximum atomic E-state index is 13.5. The highest BCUT2D eigenvalue weighted by Gasteiger charge is 2.44. The molecule has 1 aliphatic rings. The quantitative estimate of drug-likeness (QED) is 0.551. The van der Waals surface area contributed by atoms with E-state index < -0.39 is 23.7 Å². The average molecular weight is 379 g/mol. The third-order valence-corrected chi connectivity index (χ3v) is 4.51. The van der Waals surface area contributed by atoms with E-state index in [2.05, 4.69) is 9.84 Å². The molecule has 0 saturated carbocycles. The predicted molar refractivity (Wildman–Crippen MR) is 97.8 cm³/mol. The zero-order chi connectivity index (χ0) is 19.3. The summed E-state index contributed by atoms with van der Waals surface area (Å²) >= 11 is 6.26. The second-order valence-corrected chi connectivity index (χ2v) is 6.26. The fourth-order valence-corrected chi connectivity index (χ4v) is 3.40. The predicted octanol–water partition coefficient (Wildman–Crippen LogP) is 4.18. The van der Waals surface area contributed by atoms with Crippen molar-refractivity contribution in [3.05, 3.63) is 57.3 Å². The number of carbonyl (C=O) groups excluding carboxylic acids is 1. The van der Waals surface area contributed by atoms with E-state index in [1.54, 1.807) is 0 Å². The summed E-state index contributed by atoms with van der Waals surface area (Å²) in [5.74, 6) is -1.79. The first-order chi connectivity index (χ1) is 12.5. The minimum absolute atomic E-state index is 0.0949. The summed E-state index contributed by atoms with van der Waals surface area (Å²) in [6, 6.07) is 3.22. The maximum absolute atomic E-state index is 13.5. The molecule has 2 rings (SSSR count). The van der Waals surface area contributed by atoms with E-state index in [0.717, 1.165) is 6.42 Å². The number of halogens is 2. The van der Waals surface area contributed by atoms with E-state index in [-0.39, 0.29) is 17.2 Å². The number of hydrogen-bond donors (Lipinski definition) is 0. The Morgan fingerprint density at radius 1 is 1.42 bits per heavy atom. The summed E-state index contributed by atoms with van der Waals surface area (Å²) in [7, 11) is 2.76. The first kappa shape index (κ1) is 20.1. The summed E-state index contributed by atoms with van der Waals surface area (Å²) in [6.45, 7) is 9.76. The molecule has 0 amide bonds. The lowest BCUT2D eigenvalue weighted by Crippen LogP contribution is -2.34. The van der Waals surface area contributed by atoms with Gasteiger partial charge in [0.25, 0.3) is 6.04 Å². The molecule has 0 saturated heterocycles. The Bertz CT molecular complexity index is 798. The van der Waals surface area contributed by atoms with Gasteiger partial charge in [0.1, 0.15) is 17.4 Å². The standard InChI is InChI=1S/C19H20ClFN2O3/c1-5-6-14-18(22-2)16(12-8-7-11(21)9-13(12)20)17(19(24)26-4)15(23-14)10-25-3/h7-9,16,18H,5-6,10H2,1,3-4H3. The van der Waals surface area contributed by atoms with Crippen molar-refractivity contribution < 1.29 is 18.7 Å². The van der Waals surface area contributed by atoms with Crippen LogP contribution in [0.2, 0.25) is 5.02 Å². The Hall–Kier alpha value is -2.23. The second kappa shape index (κ2) is 8.93. The van der Waals surface area contributed by atoms with Crippen LogP contribution in [0, 0.1) is 12.4 Å². The van der Waals surface area contributed by atoms with Crippen LogP contribution in [-0.2, 0) is 14.3 Å². The van der Waals surface area contributed by atoms with Crippen LogP contribution < -0.4 is 0 Å². The minimum atomic E-state index is -0.715. The Morgan fingerprint density at radius 3 is 2.69 bits per heavy atom. The molecule has 138 valence electrons. The highest BCUT2D eigenvalue weighted by Crippen LogP contribution is 2.41. The van der Waals surface area contributed by atoms with Crippen LogP contribution >= 0.6 is 11.6 Å². The lowest BCUT2D eigenvalue weighted by atomic mass is 9.79. The molecule has 7 heteroatoms. The molecule has 2 atom stereocenters. The van der Waals surface area contributed by atoms with Crippen molar-refractivity contribution >= 4 is 23.3 Å². The van der Waals surface area contributed by atoms with Gasteiger partial charge < -0.3 is 14.3 Å². The summed E-state index contributed by atoms with van der Waals surface area (Å²) in [5, 5.41) is 0.152. The van der Waals surface area contributed by atoms with Gasteiger partial charge in [0.05, 0.1) is 25.0 Å². The van der Waals surface area contributed by atoms with E-state index >= 15 is 0 Å². The lowest BCUT2D eigenvalue weighted by Gasteiger charge is -2.28. The Morgan fingerprint density at radius 2 is 2.15 bits per heavy atom. The number of ether oxygens (including phenoxy) is 2. The number of benzene rings is 1. The van der Waals surface area contributed by atoms with Crippen molar-refractivity contribution in [3.63, 3.8) is 0 Å². The van der Waals surface area contributed by atoms with E-state index in [1.807, 2.05) is 6.92 Å². The number of rotatable bonds is 6. The molecule has 1 aromatic rings. The second-order valence-electron chi connectivity index (χ2n) is 5.86. The molecule has 0 radical (unpaired) electrons. The smallest absolute Gasteiger partial charge is 0.336 e. The molecule has 0 spiro atoms. The van der Waals surface area contributed by atoms with Crippen LogP contribution in [-0.4, -0.2) is 38.5 Å². The van der Waals surface area contributed by atoms with Crippen molar-refractivity contribution in [1.82, 2.24) is 0 Å². The lowest BCUT2D eigenvalue weighted by molar-refractivity contribution is -0.136. The molecule has 0 fully saturated rings. The largest absolute Gasteiger partial charge is 0.466 e. The van der Waals surface area contributed by atoms with Gasteiger partial charge in [-0.3, -0.25) is 4.99 Å². The summed E-state index contributed by atoms with van der Waals surface area (Å²) in [4.78, 5) is 20.8. The van der Waals surface area contributed by atoms with Crippen LogP contribution in [0.5, 0.6) is 0 Å². The summed E-state index contributed by atoms with van der Waals surface area (Å²) in [5.41, 5.74) is 1.79. The zero-order valence-electron chi connectivity index (χ0n) is 14.9. The molecule has 0 bridgehead atoms. The van der Waals surface area contributed by atoms with Gasteiger partial charge in [-0.1, -0.05) is 31.0 Å². The van der Waals surface area contributed by atoms with Gasteiger partial charge in [-0.2, -0.15) is 0 Å². The van der Waals surface area contributed by atoms with Gasteiger partial charge in [-0.25, -0.2) is 15.8 Å². The van der Waals surface area contributed by atoms with Crippen molar-refractivity contribution in [2.45, 2.75) is 31.7 Å². The van der Waals surface area contributed by atoms with Gasteiger partial charge in [0, 0.05) is 12.1 Å². The van der Waals surface area contributed by atoms with Gasteiger partial charge >= 0.3 is 5.97 Å². The third-order valence-electron chi connectivity index (χ3n) is 4.19. The van der Waals surface area contributed by atoms with E-state index in [1.165, 1.54) is 32.4 Å². The maximum Gasteiger partial charge on any atom is 0.336 e. The number of carbonyl (C=O) groups is 1. The Labute approximate surface area is 157 Å². The summed E-state index contributed by atoms with van der Waals surface area (Å²) < 4.78 is 23.6. The fourth-order valence-electron chi connectivity index (χ4n) is 3.12. The van der Waals surface area contributed by atoms with Crippen LogP contribution in [0.4, 0.5) is 4.39 Å². The van der Waals surface area contributed by atoms with Crippen LogP contribution in [0.15, 0.2) is 34.5 Å². The van der Waals surface area contributed by atoms with Crippen molar-refractivity contribution in [2.24, 2.45) is 4.99 Å². The van der Waals surface area contributed by atoms with Crippen molar-refractivity contribution in [3.8, 4) is 0 Å². The molecule has 1 aliphatic heterocycles. The number of esters is 1. The highest BCUT2D eigenvalue weighted by molar-refractivity contribution is 6.31. The molecular formula is C19H20ClFN2O3. The van der Waals surface area contributed by atoms with Crippen LogP contribution in [0.3, 0.4) is 0 Å². The van der Waals surface area contributed by atoms with E-state index in [0.29, 0.717) is 23.4 Å². The van der Waals surface area contributed by atoms with Crippen molar-refractivity contribution in [1.29, 1.82) is 0 Å². The van der Waals surface area contributed by atoms with Gasteiger partial charge in [-0.05, 0) is 24.1 Å². The molecule has 5 nitrogen and oxygen atoms in total. The van der Waals surface area contributed by atoms with E-state index in [4.69, 9.17) is 27.6 Å². The SMILES string of the molecule is [C-]#[N+]C1C(CCC)=NC(COC)=C(C(=O)OC)C1c1ccc(F)cc1Cl. The molecular weight excluding hydrogens is 359 g/mol. The molecule has 0 N–H and O–H groups in total. The van der Waals surface area contributed by atoms with E-state index in [9.17, 15) is 9.18 Å². The third kappa shape index (κ3) is 3.95. The number of hydrogen-bond acceptors (Lipinski definition) is 4. The van der Waals surface area contributed by atoms with Gasteiger partial charge in [-0.15, -0.1) is 0 Å². The van der Waals surface area contributed by atoms with Crippen LogP contribution in [0.25, 0.3) is 4.85 Å². The molecule has 26 heavy (non-hydrogen) atoms. The Kier molecular flexibility index (Phi) is 6.90. The zero-order valence-corrected chi connectivity index (χ0v) is 15.6. The molecule has 0 aliphatic carbocycles. The van der Waals surface area contributed by atoms with Gasteiger partial charge in [0.2, 0.25) is 0 Å². The topological polar surface area (TPSA) is 52.2 Å². The average Bonchev–Trinajstić information content (AvgIpc) is 2.61. The Balaban J connectivity index is 2.74. The van der Waals surface area contributed by atoms with Gasteiger partial charge in [0.15, 0.2) is 0 Å². The van der Waals surface area contributed by atoms with Crippen LogP contribution in [0.1, 0.15) is 31.2 Å². The minimum Gasteiger partial charge on any atom is -0.466 e. The number of aliphatic imine (C=N–C) groups is 1. The highest BCUT2D eigenvalue weighted by atomic mass is 35.5. The molecule has 2 unspecified atom stereocenters. The number of nitrogens with zero attached hydrogens (tertiary/aromatic N) is 2. The first-order valence-corrected chi connectivity index (χ1v) is 8.55. The molecule has 1 aromatic carbocycles. The number of methoxy groups -OCH3 is 2. The van der Waals surface area contributed by atoms with Crippen molar-refractivity contribution in [2.75, 3.05) is 20.8 Å². The molecule has 1 heterocycles. The fraction of sp³-hybridized carbons (Fsp3) is 0.421. The summed E-state index contributed by atoms with van der Waals surface area (Å²) in [6.07, 6.45) is 1.40.